The molecule has 36 heavy (non-hydrogen) atoms. The highest BCUT2D eigenvalue weighted by molar-refractivity contribution is 5.92. The van der Waals surface area contributed by atoms with Crippen molar-refractivity contribution in [2.75, 3.05) is 26.2 Å². The van der Waals surface area contributed by atoms with E-state index in [0.29, 0.717) is 30.8 Å². The normalized spacial score (nSPS) is 28.9. The molecule has 1 aromatic rings. The van der Waals surface area contributed by atoms with Crippen LogP contribution in [0.2, 0.25) is 0 Å². The Morgan fingerprint density at radius 2 is 1.83 bits per heavy atom. The van der Waals surface area contributed by atoms with Crippen LogP contribution in [0.3, 0.4) is 0 Å². The molecule has 1 saturated carbocycles. The number of ether oxygens (including phenoxy) is 1. The molecule has 2 amide bonds. The number of aliphatic imine (C=N–C) groups is 1. The van der Waals surface area contributed by atoms with Crippen LogP contribution in [-0.2, 0) is 16.0 Å². The molecule has 0 spiro atoms. The van der Waals surface area contributed by atoms with Crippen LogP contribution >= 0.6 is 0 Å². The lowest BCUT2D eigenvalue weighted by molar-refractivity contribution is -0.131. The van der Waals surface area contributed by atoms with E-state index >= 15 is 0 Å². The van der Waals surface area contributed by atoms with Gasteiger partial charge in [0, 0.05) is 44.4 Å². The van der Waals surface area contributed by atoms with Crippen LogP contribution in [0, 0.1) is 23.7 Å². The van der Waals surface area contributed by atoms with Gasteiger partial charge in [0.05, 0.1) is 0 Å². The summed E-state index contributed by atoms with van der Waals surface area (Å²) in [5.74, 6) is 1.73. The van der Waals surface area contributed by atoms with Crippen LogP contribution in [-0.4, -0.2) is 66.5 Å². The second-order valence-electron chi connectivity index (χ2n) is 12.2. The van der Waals surface area contributed by atoms with E-state index in [1.165, 1.54) is 5.56 Å². The maximum absolute atomic E-state index is 13.8. The lowest BCUT2D eigenvalue weighted by Gasteiger charge is -2.51. The second-order valence-corrected chi connectivity index (χ2v) is 12.2. The number of carbonyl (C=O) groups is 2. The highest BCUT2D eigenvalue weighted by Crippen LogP contribution is 2.54. The predicted octanol–water partition coefficient (Wildman–Crippen LogP) is 4.07. The maximum Gasteiger partial charge on any atom is 0.407 e. The van der Waals surface area contributed by atoms with Gasteiger partial charge < -0.3 is 15.4 Å². The molecular weight excluding hydrogens is 452 g/mol. The van der Waals surface area contributed by atoms with Gasteiger partial charge in [-0.25, -0.2) is 4.79 Å². The van der Waals surface area contributed by atoms with E-state index in [2.05, 4.69) is 65.9 Å². The molecule has 3 heterocycles. The van der Waals surface area contributed by atoms with Crippen molar-refractivity contribution in [2.24, 2.45) is 28.7 Å². The zero-order valence-electron chi connectivity index (χ0n) is 22.6. The molecule has 7 heteroatoms. The van der Waals surface area contributed by atoms with Crippen LogP contribution in [0.15, 0.2) is 35.3 Å². The summed E-state index contributed by atoms with van der Waals surface area (Å²) in [4.78, 5) is 33.2. The van der Waals surface area contributed by atoms with E-state index in [0.717, 1.165) is 38.8 Å². The summed E-state index contributed by atoms with van der Waals surface area (Å²) < 4.78 is 5.27. The zero-order valence-corrected chi connectivity index (χ0v) is 22.6. The third kappa shape index (κ3) is 5.77. The quantitative estimate of drug-likeness (QED) is 0.479. The molecule has 7 nitrogen and oxygen atoms in total. The third-order valence-electron chi connectivity index (χ3n) is 7.75. The maximum atomic E-state index is 13.8. The predicted molar refractivity (Wildman–Crippen MR) is 143 cm³/mol. The van der Waals surface area contributed by atoms with Gasteiger partial charge in [0.1, 0.15) is 5.60 Å². The number of nitrogens with zero attached hydrogens (tertiary/aromatic N) is 2. The van der Waals surface area contributed by atoms with E-state index in [4.69, 9.17) is 9.73 Å². The number of unbranched alkanes of at least 4 members (excludes halogenated alkanes) is 1. The SMILES string of the molecule is CC(C)CN1C[C@@H]2C[C@H]3C=N[C@]2(C(=O)NCCCCNC(=O)OC(C)(C)C)[C@@H]1[C@@H]3Cc1ccccc1. The number of nitrogens with one attached hydrogen (secondary N) is 2. The first-order chi connectivity index (χ1) is 17.1. The summed E-state index contributed by atoms with van der Waals surface area (Å²) >= 11 is 0. The molecule has 2 fully saturated rings. The fourth-order valence-corrected chi connectivity index (χ4v) is 6.50. The van der Waals surface area contributed by atoms with Crippen LogP contribution in [0.25, 0.3) is 0 Å². The Balaban J connectivity index is 1.39. The smallest absolute Gasteiger partial charge is 0.407 e. The molecule has 0 unspecified atom stereocenters. The minimum absolute atomic E-state index is 0.0799. The van der Waals surface area contributed by atoms with Crippen molar-refractivity contribution in [1.82, 2.24) is 15.5 Å². The monoisotopic (exact) mass is 496 g/mol. The summed E-state index contributed by atoms with van der Waals surface area (Å²) in [5, 5.41) is 6.02. The van der Waals surface area contributed by atoms with Crippen molar-refractivity contribution in [2.45, 2.75) is 77.5 Å². The van der Waals surface area contributed by atoms with E-state index in [-0.39, 0.29) is 17.9 Å². The van der Waals surface area contributed by atoms with E-state index in [1.54, 1.807) is 0 Å². The van der Waals surface area contributed by atoms with Gasteiger partial charge in [-0.2, -0.15) is 0 Å². The molecule has 0 aromatic heterocycles. The largest absolute Gasteiger partial charge is 0.444 e. The van der Waals surface area contributed by atoms with Crippen molar-refractivity contribution >= 4 is 18.2 Å². The molecule has 4 aliphatic rings. The number of amides is 2. The van der Waals surface area contributed by atoms with Crippen LogP contribution in [0.1, 0.15) is 59.4 Å². The van der Waals surface area contributed by atoms with Gasteiger partial charge in [0.2, 0.25) is 5.91 Å². The number of rotatable bonds is 10. The zero-order chi connectivity index (χ0) is 25.9. The number of benzene rings is 1. The average Bonchev–Trinajstić information content (AvgIpc) is 3.05. The van der Waals surface area contributed by atoms with Crippen molar-refractivity contribution in [3.05, 3.63) is 35.9 Å². The first-order valence-corrected chi connectivity index (χ1v) is 13.7. The summed E-state index contributed by atoms with van der Waals surface area (Å²) in [7, 11) is 0. The van der Waals surface area contributed by atoms with Gasteiger partial charge in [0.15, 0.2) is 5.54 Å². The van der Waals surface area contributed by atoms with E-state index < -0.39 is 17.2 Å². The summed E-state index contributed by atoms with van der Waals surface area (Å²) in [6.07, 6.45) is 5.30. The van der Waals surface area contributed by atoms with Gasteiger partial charge in [-0.3, -0.25) is 14.7 Å². The Morgan fingerprint density at radius 3 is 2.50 bits per heavy atom. The van der Waals surface area contributed by atoms with Crippen LogP contribution < -0.4 is 10.6 Å². The Kier molecular flexibility index (Phi) is 8.08. The summed E-state index contributed by atoms with van der Waals surface area (Å²) in [5.41, 5.74) is 0.153. The number of likely N-dealkylation sites (tertiary alicyclic amines) is 1. The van der Waals surface area contributed by atoms with Crippen LogP contribution in [0.4, 0.5) is 4.79 Å². The first kappa shape index (κ1) is 26.6. The summed E-state index contributed by atoms with van der Waals surface area (Å²) in [6, 6.07) is 10.8. The van der Waals surface area contributed by atoms with E-state index in [9.17, 15) is 9.59 Å². The molecule has 4 bridgehead atoms. The Labute approximate surface area is 216 Å². The number of hydrogen-bond acceptors (Lipinski definition) is 5. The minimum atomic E-state index is -0.683. The molecule has 2 N–H and O–H groups in total. The molecule has 1 saturated heterocycles. The fraction of sp³-hybridized carbons (Fsp3) is 0.690. The summed E-state index contributed by atoms with van der Waals surface area (Å²) in [6.45, 7) is 13.1. The molecule has 5 rings (SSSR count). The topological polar surface area (TPSA) is 83.0 Å². The van der Waals surface area contributed by atoms with Gasteiger partial charge in [-0.1, -0.05) is 44.2 Å². The molecule has 0 radical (unpaired) electrons. The average molecular weight is 497 g/mol. The Morgan fingerprint density at radius 1 is 1.14 bits per heavy atom. The first-order valence-electron chi connectivity index (χ1n) is 13.7. The number of hydrogen-bond donors (Lipinski definition) is 2. The Hall–Kier alpha value is -2.41. The number of carbonyl (C=O) groups excluding carboxylic acids is 2. The number of alkyl carbamates (subject to hydrolysis) is 1. The minimum Gasteiger partial charge on any atom is -0.444 e. The molecule has 1 aliphatic carbocycles. The molecule has 1 aromatic carbocycles. The Bertz CT molecular complexity index is 942. The van der Waals surface area contributed by atoms with Crippen molar-refractivity contribution in [3.8, 4) is 0 Å². The van der Waals surface area contributed by atoms with Crippen LogP contribution in [0.5, 0.6) is 0 Å². The lowest BCUT2D eigenvalue weighted by Crippen LogP contribution is -2.66. The van der Waals surface area contributed by atoms with Crippen molar-refractivity contribution < 1.29 is 14.3 Å². The fourth-order valence-electron chi connectivity index (χ4n) is 6.50. The van der Waals surface area contributed by atoms with E-state index in [1.807, 2.05) is 20.8 Å². The van der Waals surface area contributed by atoms with Crippen molar-refractivity contribution in [1.29, 1.82) is 0 Å². The highest BCUT2D eigenvalue weighted by Gasteiger charge is 2.67. The van der Waals surface area contributed by atoms with Gasteiger partial charge in [-0.15, -0.1) is 0 Å². The molecule has 5 atom stereocenters. The standard InChI is InChI=1S/C29H44N4O3/c1-20(2)18-33-19-23-16-22-17-32-29(23,25(33)24(22)15-21-11-7-6-8-12-21)26(34)30-13-9-10-14-31-27(35)36-28(3,4)5/h6-8,11-12,17,20,22-25H,9-10,13-16,18-19H2,1-5H3,(H,30,34)(H,31,35)/t22-,23-,24+,25-,29-/m0/s1. The lowest BCUT2D eigenvalue weighted by atomic mass is 9.59. The second kappa shape index (κ2) is 10.9. The third-order valence-corrected chi connectivity index (χ3v) is 7.75. The molecular formula is C29H44N4O3. The molecule has 198 valence electrons. The van der Waals surface area contributed by atoms with Gasteiger partial charge >= 0.3 is 6.09 Å². The van der Waals surface area contributed by atoms with Gasteiger partial charge in [0.25, 0.3) is 0 Å². The van der Waals surface area contributed by atoms with Gasteiger partial charge in [-0.05, 0) is 69.8 Å². The molecule has 3 aliphatic heterocycles. The van der Waals surface area contributed by atoms with Crippen molar-refractivity contribution in [3.63, 3.8) is 0 Å². The highest BCUT2D eigenvalue weighted by atomic mass is 16.6.